The second-order valence-electron chi connectivity index (χ2n) is 7.88. The second kappa shape index (κ2) is 4.08. The molecule has 20 heavy (non-hydrogen) atoms. The Hall–Kier alpha value is -0.850. The molecule has 0 aromatic heterocycles. The normalized spacial score (nSPS) is 40.4. The van der Waals surface area contributed by atoms with E-state index in [1.54, 1.807) is 11.1 Å². The summed E-state index contributed by atoms with van der Waals surface area (Å²) in [4.78, 5) is 12.0. The highest BCUT2D eigenvalue weighted by Crippen LogP contribution is 2.68. The van der Waals surface area contributed by atoms with Crippen molar-refractivity contribution in [2.45, 2.75) is 65.2 Å². The van der Waals surface area contributed by atoms with Crippen LogP contribution < -0.4 is 0 Å². The summed E-state index contributed by atoms with van der Waals surface area (Å²) in [5.74, 6) is 1.48. The summed E-state index contributed by atoms with van der Waals surface area (Å²) in [6.07, 6.45) is 14.8. The quantitative estimate of drug-likeness (QED) is 0.654. The van der Waals surface area contributed by atoms with Crippen LogP contribution in [0, 0.1) is 22.7 Å². The summed E-state index contributed by atoms with van der Waals surface area (Å²) < 4.78 is 0. The van der Waals surface area contributed by atoms with Gasteiger partial charge in [-0.25, -0.2) is 0 Å². The van der Waals surface area contributed by atoms with Gasteiger partial charge in [0.25, 0.3) is 0 Å². The van der Waals surface area contributed by atoms with Crippen LogP contribution in [0.1, 0.15) is 65.2 Å². The summed E-state index contributed by atoms with van der Waals surface area (Å²) in [5.41, 5.74) is 4.45. The molecule has 1 heteroatoms. The zero-order valence-corrected chi connectivity index (χ0v) is 12.9. The topological polar surface area (TPSA) is 17.1 Å². The molecule has 1 unspecified atom stereocenters. The number of rotatable bonds is 5. The largest absolute Gasteiger partial charge is 0.299 e. The van der Waals surface area contributed by atoms with Gasteiger partial charge in [0.05, 0.1) is 0 Å². The van der Waals surface area contributed by atoms with Crippen molar-refractivity contribution in [3.8, 4) is 0 Å². The van der Waals surface area contributed by atoms with Gasteiger partial charge in [-0.1, -0.05) is 43.6 Å². The van der Waals surface area contributed by atoms with Crippen molar-refractivity contribution in [2.75, 3.05) is 0 Å². The first kappa shape index (κ1) is 12.9. The molecule has 0 N–H and O–H groups in total. The Labute approximate surface area is 122 Å². The number of ketones is 1. The summed E-state index contributed by atoms with van der Waals surface area (Å²) in [7, 11) is 0. The van der Waals surface area contributed by atoms with Crippen molar-refractivity contribution in [1.29, 1.82) is 0 Å². The van der Waals surface area contributed by atoms with Gasteiger partial charge in [-0.15, -0.1) is 0 Å². The molecule has 0 amide bonds. The zero-order valence-electron chi connectivity index (χ0n) is 12.9. The number of allylic oxidation sites excluding steroid dienone is 4. The maximum Gasteiger partial charge on any atom is 0.136 e. The maximum atomic E-state index is 12.0. The van der Waals surface area contributed by atoms with Gasteiger partial charge >= 0.3 is 0 Å². The smallest absolute Gasteiger partial charge is 0.136 e. The molecule has 108 valence electrons. The highest BCUT2D eigenvalue weighted by molar-refractivity contribution is 5.85. The van der Waals surface area contributed by atoms with Crippen LogP contribution >= 0.6 is 0 Å². The number of Topliss-reactive ketones (excluding diaryl/α,β-unsaturated/α-hetero) is 1. The maximum absolute atomic E-state index is 12.0. The van der Waals surface area contributed by atoms with Gasteiger partial charge in [0.2, 0.25) is 0 Å². The van der Waals surface area contributed by atoms with Gasteiger partial charge in [-0.2, -0.15) is 0 Å². The van der Waals surface area contributed by atoms with E-state index in [0.29, 0.717) is 28.4 Å². The van der Waals surface area contributed by atoms with E-state index in [-0.39, 0.29) is 0 Å². The van der Waals surface area contributed by atoms with Crippen LogP contribution in [0.5, 0.6) is 0 Å². The van der Waals surface area contributed by atoms with E-state index in [1.807, 2.05) is 0 Å². The predicted molar refractivity (Wildman–Crippen MR) is 81.3 cm³/mol. The van der Waals surface area contributed by atoms with E-state index >= 15 is 0 Å². The Morgan fingerprint density at radius 1 is 1.25 bits per heavy atom. The fourth-order valence-corrected chi connectivity index (χ4v) is 5.05. The second-order valence-corrected chi connectivity index (χ2v) is 7.88. The summed E-state index contributed by atoms with van der Waals surface area (Å²) >= 11 is 0. The molecule has 3 atom stereocenters. The molecule has 0 aromatic rings. The molecule has 3 saturated carbocycles. The van der Waals surface area contributed by atoms with Gasteiger partial charge in [-0.05, 0) is 49.9 Å². The first-order valence-electron chi connectivity index (χ1n) is 8.52. The molecule has 0 radical (unpaired) electrons. The van der Waals surface area contributed by atoms with Crippen LogP contribution in [0.2, 0.25) is 0 Å². The molecule has 1 nitrogen and oxygen atoms in total. The Kier molecular flexibility index (Phi) is 2.63. The number of hydrogen-bond donors (Lipinski definition) is 0. The highest BCUT2D eigenvalue weighted by Gasteiger charge is 2.58. The number of carbonyl (C=O) groups is 1. The van der Waals surface area contributed by atoms with Crippen molar-refractivity contribution >= 4 is 5.78 Å². The average molecular weight is 270 g/mol. The van der Waals surface area contributed by atoms with Gasteiger partial charge in [0, 0.05) is 17.8 Å². The summed E-state index contributed by atoms with van der Waals surface area (Å²) in [6.45, 7) is 4.44. The van der Waals surface area contributed by atoms with Gasteiger partial charge in [0.1, 0.15) is 5.78 Å². The van der Waals surface area contributed by atoms with Crippen LogP contribution in [0.3, 0.4) is 0 Å². The third-order valence-corrected chi connectivity index (χ3v) is 6.62. The Balaban J connectivity index is 1.38. The van der Waals surface area contributed by atoms with E-state index in [0.717, 1.165) is 12.8 Å². The Bertz CT molecular complexity index is 520. The Morgan fingerprint density at radius 3 is 2.70 bits per heavy atom. The molecule has 0 heterocycles. The van der Waals surface area contributed by atoms with Gasteiger partial charge < -0.3 is 0 Å². The molecular weight excluding hydrogens is 244 g/mol. The van der Waals surface area contributed by atoms with Crippen LogP contribution in [-0.4, -0.2) is 5.78 Å². The first-order chi connectivity index (χ1) is 9.60. The molecule has 4 rings (SSSR count). The molecule has 4 aliphatic rings. The van der Waals surface area contributed by atoms with Gasteiger partial charge in [0.15, 0.2) is 0 Å². The summed E-state index contributed by atoms with van der Waals surface area (Å²) in [5, 5.41) is 0. The van der Waals surface area contributed by atoms with Crippen molar-refractivity contribution in [3.05, 3.63) is 23.3 Å². The number of carbonyl (C=O) groups excluding carboxylic acids is 1. The van der Waals surface area contributed by atoms with Crippen LogP contribution in [0.15, 0.2) is 23.3 Å². The van der Waals surface area contributed by atoms with Crippen molar-refractivity contribution in [1.82, 2.24) is 0 Å². The number of fused-ring (bicyclic) bond motifs is 1. The monoisotopic (exact) mass is 270 g/mol. The molecule has 0 bridgehead atoms. The molecule has 1 spiro atoms. The van der Waals surface area contributed by atoms with E-state index in [4.69, 9.17) is 0 Å². The lowest BCUT2D eigenvalue weighted by molar-refractivity contribution is -0.120. The molecular formula is C19H26O. The minimum Gasteiger partial charge on any atom is -0.299 e. The minimum absolute atomic E-state index is 0.311. The third kappa shape index (κ3) is 1.71. The third-order valence-electron chi connectivity index (χ3n) is 6.62. The molecule has 0 saturated heterocycles. The average Bonchev–Trinajstić information content (AvgIpc) is 3.27. The van der Waals surface area contributed by atoms with Crippen LogP contribution in [-0.2, 0) is 4.79 Å². The predicted octanol–water partition coefficient (Wildman–Crippen LogP) is 4.83. The standard InChI is InChI=1S/C19H26O/c1-3-5-14-10-19(11-16(14)19)7-4-6-15-13(2)17(20)12-18(15)8-9-18/h4,7,13,15H,3,5-6,8-12H2,1-2H3/b7-4+/t13-,15?,19-/m0/s1. The van der Waals surface area contributed by atoms with Crippen LogP contribution in [0.25, 0.3) is 0 Å². The lowest BCUT2D eigenvalue weighted by atomic mass is 9.81. The lowest BCUT2D eigenvalue weighted by Gasteiger charge is -2.23. The van der Waals surface area contributed by atoms with E-state index in [2.05, 4.69) is 26.0 Å². The van der Waals surface area contributed by atoms with E-state index in [9.17, 15) is 4.79 Å². The van der Waals surface area contributed by atoms with Crippen molar-refractivity contribution < 1.29 is 4.79 Å². The molecule has 0 aliphatic heterocycles. The summed E-state index contributed by atoms with van der Waals surface area (Å²) in [6, 6.07) is 0. The fourth-order valence-electron chi connectivity index (χ4n) is 5.05. The van der Waals surface area contributed by atoms with E-state index < -0.39 is 0 Å². The molecule has 0 aromatic carbocycles. The fraction of sp³-hybridized carbons (Fsp3) is 0.737. The van der Waals surface area contributed by atoms with Crippen LogP contribution in [0.4, 0.5) is 0 Å². The molecule has 3 fully saturated rings. The minimum atomic E-state index is 0.311. The Morgan fingerprint density at radius 2 is 2.05 bits per heavy atom. The van der Waals surface area contributed by atoms with E-state index in [1.165, 1.54) is 38.5 Å². The highest BCUT2D eigenvalue weighted by atomic mass is 16.1. The zero-order chi connectivity index (χ0) is 14.0. The molecule has 4 aliphatic carbocycles. The SMILES string of the molecule is CCCC1=C2C[C@]2(/C=C/CC2[C@H](C)C(=O)CC23CC3)C1. The van der Waals surface area contributed by atoms with Crippen molar-refractivity contribution in [3.63, 3.8) is 0 Å². The van der Waals surface area contributed by atoms with Gasteiger partial charge in [-0.3, -0.25) is 4.79 Å². The van der Waals surface area contributed by atoms with Crippen molar-refractivity contribution in [2.24, 2.45) is 22.7 Å². The number of hydrogen-bond acceptors (Lipinski definition) is 1. The first-order valence-corrected chi connectivity index (χ1v) is 8.52. The lowest BCUT2D eigenvalue weighted by Crippen LogP contribution is -2.15.